The SMILES string of the molecule is COCc1nnc2n1C1SC(C)=C(C)C1C(c1ccc(Cl)cc1)=N[C@H]2CC(=O)OC(C)(C)C. The third-order valence-corrected chi connectivity index (χ3v) is 7.38. The molecule has 0 fully saturated rings. The number of fused-ring (bicyclic) bond motifs is 3. The zero-order valence-corrected chi connectivity index (χ0v) is 21.3. The number of thioether (sulfide) groups is 1. The van der Waals surface area contributed by atoms with Crippen molar-refractivity contribution in [3.63, 3.8) is 0 Å². The zero-order valence-electron chi connectivity index (χ0n) is 19.8. The first-order valence-electron chi connectivity index (χ1n) is 10.9. The van der Waals surface area contributed by atoms with E-state index in [4.69, 9.17) is 26.1 Å². The highest BCUT2D eigenvalue weighted by Gasteiger charge is 2.43. The van der Waals surface area contributed by atoms with Crippen LogP contribution in [0.1, 0.15) is 69.7 Å². The van der Waals surface area contributed by atoms with Gasteiger partial charge in [0.1, 0.15) is 18.2 Å². The first-order valence-corrected chi connectivity index (χ1v) is 12.2. The molecule has 0 bridgehead atoms. The first kappa shape index (κ1) is 24.0. The lowest BCUT2D eigenvalue weighted by atomic mass is 9.90. The molecule has 3 atom stereocenters. The Hall–Kier alpha value is -2.16. The number of carbonyl (C=O) groups excluding carboxylic acids is 1. The van der Waals surface area contributed by atoms with E-state index in [1.54, 1.807) is 18.9 Å². The van der Waals surface area contributed by atoms with Gasteiger partial charge in [-0.1, -0.05) is 29.3 Å². The lowest BCUT2D eigenvalue weighted by Crippen LogP contribution is -2.25. The Balaban J connectivity index is 1.86. The summed E-state index contributed by atoms with van der Waals surface area (Å²) in [7, 11) is 1.64. The summed E-state index contributed by atoms with van der Waals surface area (Å²) >= 11 is 7.94. The molecule has 0 saturated carbocycles. The molecular formula is C24H29ClN4O3S. The Morgan fingerprint density at radius 3 is 2.52 bits per heavy atom. The number of allylic oxidation sites excluding steroid dienone is 2. The number of carbonyl (C=O) groups is 1. The number of methoxy groups -OCH3 is 1. The Bertz CT molecular complexity index is 1120. The topological polar surface area (TPSA) is 78.6 Å². The van der Waals surface area contributed by atoms with Crippen LogP contribution in [0.3, 0.4) is 0 Å². The lowest BCUT2D eigenvalue weighted by Gasteiger charge is -2.24. The molecule has 33 heavy (non-hydrogen) atoms. The fourth-order valence-corrected chi connectivity index (χ4v) is 5.85. The summed E-state index contributed by atoms with van der Waals surface area (Å²) in [6.07, 6.45) is 0.0747. The van der Waals surface area contributed by atoms with Crippen molar-refractivity contribution in [3.8, 4) is 0 Å². The van der Waals surface area contributed by atoms with Gasteiger partial charge in [-0.2, -0.15) is 0 Å². The second-order valence-electron chi connectivity index (χ2n) is 9.33. The van der Waals surface area contributed by atoms with Gasteiger partial charge in [-0.25, -0.2) is 0 Å². The summed E-state index contributed by atoms with van der Waals surface area (Å²) in [4.78, 5) is 19.2. The van der Waals surface area contributed by atoms with Crippen molar-refractivity contribution in [2.75, 3.05) is 7.11 Å². The van der Waals surface area contributed by atoms with E-state index in [0.29, 0.717) is 17.5 Å². The van der Waals surface area contributed by atoms with Gasteiger partial charge in [0.25, 0.3) is 0 Å². The number of rotatable bonds is 5. The van der Waals surface area contributed by atoms with Crippen LogP contribution >= 0.6 is 23.4 Å². The van der Waals surface area contributed by atoms with E-state index < -0.39 is 11.6 Å². The molecule has 0 aliphatic carbocycles. The maximum atomic E-state index is 12.8. The first-order chi connectivity index (χ1) is 15.6. The predicted molar refractivity (Wildman–Crippen MR) is 130 cm³/mol. The lowest BCUT2D eigenvalue weighted by molar-refractivity contribution is -0.155. The van der Waals surface area contributed by atoms with Gasteiger partial charge in [0, 0.05) is 12.1 Å². The summed E-state index contributed by atoms with van der Waals surface area (Å²) in [6, 6.07) is 7.18. The van der Waals surface area contributed by atoms with Crippen molar-refractivity contribution < 1.29 is 14.3 Å². The zero-order chi connectivity index (χ0) is 23.9. The maximum absolute atomic E-state index is 12.8. The largest absolute Gasteiger partial charge is 0.460 e. The molecule has 2 unspecified atom stereocenters. The molecule has 0 N–H and O–H groups in total. The smallest absolute Gasteiger partial charge is 0.308 e. The quantitative estimate of drug-likeness (QED) is 0.516. The number of esters is 1. The van der Waals surface area contributed by atoms with E-state index in [1.165, 1.54) is 10.5 Å². The van der Waals surface area contributed by atoms with Crippen molar-refractivity contribution in [3.05, 3.63) is 57.0 Å². The van der Waals surface area contributed by atoms with Gasteiger partial charge in [-0.3, -0.25) is 14.4 Å². The van der Waals surface area contributed by atoms with Crippen LogP contribution in [0.15, 0.2) is 39.7 Å². The van der Waals surface area contributed by atoms with Crippen molar-refractivity contribution >= 4 is 35.0 Å². The summed E-state index contributed by atoms with van der Waals surface area (Å²) in [5.41, 5.74) is 2.56. The van der Waals surface area contributed by atoms with Crippen molar-refractivity contribution in [1.82, 2.24) is 14.8 Å². The van der Waals surface area contributed by atoms with Crippen LogP contribution in [0.25, 0.3) is 0 Å². The van der Waals surface area contributed by atoms with Crippen molar-refractivity contribution in [1.29, 1.82) is 0 Å². The molecule has 7 nitrogen and oxygen atoms in total. The van der Waals surface area contributed by atoms with E-state index in [0.717, 1.165) is 17.1 Å². The molecule has 0 radical (unpaired) electrons. The van der Waals surface area contributed by atoms with Crippen LogP contribution in [0.5, 0.6) is 0 Å². The molecule has 2 aromatic rings. The van der Waals surface area contributed by atoms with E-state index in [2.05, 4.69) is 28.6 Å². The number of benzene rings is 1. The van der Waals surface area contributed by atoms with Gasteiger partial charge in [0.05, 0.1) is 23.4 Å². The standard InChI is InChI=1S/C24H29ClN4O3S/c1-13-14(2)33-23-20(13)21(15-7-9-16(25)10-8-15)26-17(11-19(30)32-24(3,4)5)22-28-27-18(12-31-6)29(22)23/h7-10,17,20,23H,11-12H2,1-6H3/t17-,20?,23?/m0/s1. The normalized spacial score (nSPS) is 22.5. The van der Waals surface area contributed by atoms with E-state index >= 15 is 0 Å². The average Bonchev–Trinajstić information content (AvgIpc) is 3.22. The van der Waals surface area contributed by atoms with Gasteiger partial charge in [-0.05, 0) is 57.2 Å². The summed E-state index contributed by atoms with van der Waals surface area (Å²) in [6.45, 7) is 10.2. The number of ether oxygens (including phenoxy) is 2. The highest BCUT2D eigenvalue weighted by atomic mass is 35.5. The number of halogens is 1. The molecule has 0 amide bonds. The number of aliphatic imine (C=N–C) groups is 1. The van der Waals surface area contributed by atoms with Crippen LogP contribution in [-0.4, -0.2) is 39.2 Å². The molecule has 176 valence electrons. The molecule has 3 heterocycles. The van der Waals surface area contributed by atoms with Gasteiger partial charge in [0.2, 0.25) is 0 Å². The molecule has 0 saturated heterocycles. The fourth-order valence-electron chi connectivity index (χ4n) is 4.24. The summed E-state index contributed by atoms with van der Waals surface area (Å²) in [5.74, 6) is 1.06. The molecule has 2 aliphatic heterocycles. The minimum Gasteiger partial charge on any atom is -0.460 e. The molecule has 2 aliphatic rings. The third kappa shape index (κ3) is 4.88. The van der Waals surface area contributed by atoms with E-state index in [9.17, 15) is 4.79 Å². The van der Waals surface area contributed by atoms with E-state index in [-0.39, 0.29) is 23.7 Å². The molecular weight excluding hydrogens is 460 g/mol. The maximum Gasteiger partial charge on any atom is 0.308 e. The van der Waals surface area contributed by atoms with Gasteiger partial charge >= 0.3 is 5.97 Å². The minimum absolute atomic E-state index is 0.00479. The fraction of sp³-hybridized carbons (Fsp3) is 0.500. The monoisotopic (exact) mass is 488 g/mol. The molecule has 1 aromatic heterocycles. The number of hydrogen-bond acceptors (Lipinski definition) is 7. The summed E-state index contributed by atoms with van der Waals surface area (Å²) < 4.78 is 13.1. The second-order valence-corrected chi connectivity index (χ2v) is 11.1. The van der Waals surface area contributed by atoms with Gasteiger partial charge in [-0.15, -0.1) is 22.0 Å². The van der Waals surface area contributed by atoms with Crippen LogP contribution in [0.4, 0.5) is 0 Å². The van der Waals surface area contributed by atoms with E-state index in [1.807, 2.05) is 45.0 Å². The Kier molecular flexibility index (Phi) is 6.71. The third-order valence-electron chi connectivity index (χ3n) is 5.73. The average molecular weight is 489 g/mol. The van der Waals surface area contributed by atoms with Crippen molar-refractivity contribution in [2.45, 2.75) is 64.7 Å². The molecule has 9 heteroatoms. The highest BCUT2D eigenvalue weighted by molar-refractivity contribution is 8.03. The van der Waals surface area contributed by atoms with Crippen molar-refractivity contribution in [2.24, 2.45) is 10.9 Å². The summed E-state index contributed by atoms with van der Waals surface area (Å²) in [5, 5.41) is 9.53. The molecule has 1 aromatic carbocycles. The minimum atomic E-state index is -0.581. The van der Waals surface area contributed by atoms with Crippen LogP contribution in [-0.2, 0) is 20.9 Å². The number of nitrogens with zero attached hydrogens (tertiary/aromatic N) is 4. The molecule has 0 spiro atoms. The number of aromatic nitrogens is 3. The molecule has 4 rings (SSSR count). The Morgan fingerprint density at radius 2 is 1.88 bits per heavy atom. The van der Waals surface area contributed by atoms with Gasteiger partial charge < -0.3 is 9.47 Å². The van der Waals surface area contributed by atoms with Crippen LogP contribution < -0.4 is 0 Å². The number of hydrogen-bond donors (Lipinski definition) is 0. The Morgan fingerprint density at radius 1 is 1.18 bits per heavy atom. The van der Waals surface area contributed by atoms with Crippen LogP contribution in [0.2, 0.25) is 5.02 Å². The Labute approximate surface area is 203 Å². The van der Waals surface area contributed by atoms with Crippen LogP contribution in [0, 0.1) is 5.92 Å². The predicted octanol–water partition coefficient (Wildman–Crippen LogP) is 5.51. The highest BCUT2D eigenvalue weighted by Crippen LogP contribution is 2.53. The second kappa shape index (κ2) is 9.24. The van der Waals surface area contributed by atoms with Gasteiger partial charge in [0.15, 0.2) is 11.6 Å².